The molecule has 0 saturated heterocycles. The molecule has 0 spiro atoms. The molecule has 0 bridgehead atoms. The van der Waals surface area contributed by atoms with E-state index in [1.807, 2.05) is 61.5 Å². The van der Waals surface area contributed by atoms with Crippen molar-refractivity contribution < 1.29 is 10.2 Å². The third-order valence-electron chi connectivity index (χ3n) is 10.0. The van der Waals surface area contributed by atoms with Crippen LogP contribution in [0.3, 0.4) is 0 Å². The molecular weight excluding hydrogens is 570 g/mol. The Hall–Kier alpha value is -6.20. The topological polar surface area (TPSA) is 79.5 Å². The van der Waals surface area contributed by atoms with Crippen LogP contribution >= 0.6 is 0 Å². The Morgan fingerprint density at radius 1 is 0.457 bits per heavy atom. The molecule has 0 saturated carbocycles. The molecule has 0 amide bonds. The summed E-state index contributed by atoms with van der Waals surface area (Å²) in [7, 11) is 0. The highest BCUT2D eigenvalue weighted by molar-refractivity contribution is 6.50. The Bertz CT molecular complexity index is 2820. The quantitative estimate of drug-likeness (QED) is 0.201. The van der Waals surface area contributed by atoms with Crippen LogP contribution in [-0.2, 0) is 0 Å². The van der Waals surface area contributed by atoms with E-state index in [9.17, 15) is 19.8 Å². The van der Waals surface area contributed by atoms with E-state index in [-0.39, 0.29) is 22.6 Å². The molecule has 0 fully saturated rings. The summed E-state index contributed by atoms with van der Waals surface area (Å²) in [5.41, 5.74) is 3.54. The molecule has 1 heterocycles. The van der Waals surface area contributed by atoms with Crippen LogP contribution in [0.4, 0.5) is 0 Å². The van der Waals surface area contributed by atoms with Gasteiger partial charge in [-0.2, -0.15) is 0 Å². The van der Waals surface area contributed by atoms with Crippen molar-refractivity contribution in [3.63, 3.8) is 0 Å². The van der Waals surface area contributed by atoms with E-state index in [0.717, 1.165) is 59.8 Å². The second-order valence-corrected chi connectivity index (χ2v) is 12.3. The van der Waals surface area contributed by atoms with E-state index in [4.69, 9.17) is 0 Å². The predicted molar refractivity (Wildman–Crippen MR) is 187 cm³/mol. The molecule has 5 heteroatoms. The maximum atomic E-state index is 14.6. The van der Waals surface area contributed by atoms with Gasteiger partial charge < -0.3 is 10.2 Å². The van der Waals surface area contributed by atoms with Gasteiger partial charge >= 0.3 is 0 Å². The van der Waals surface area contributed by atoms with Crippen molar-refractivity contribution in [3.8, 4) is 39.4 Å². The Morgan fingerprint density at radius 3 is 1.41 bits per heavy atom. The van der Waals surface area contributed by atoms with Crippen LogP contribution in [0.5, 0.6) is 11.5 Å². The average molecular weight is 594 g/mol. The molecule has 9 aromatic carbocycles. The van der Waals surface area contributed by atoms with E-state index in [0.29, 0.717) is 38.4 Å². The van der Waals surface area contributed by atoms with Gasteiger partial charge in [0, 0.05) is 11.1 Å². The maximum Gasteiger partial charge on any atom is 0.266 e. The number of hydrogen-bond donors (Lipinski definition) is 2. The molecule has 216 valence electrons. The third kappa shape index (κ3) is 2.90. The summed E-state index contributed by atoms with van der Waals surface area (Å²) in [6.45, 7) is 1.90. The lowest BCUT2D eigenvalue weighted by atomic mass is 9.89. The van der Waals surface area contributed by atoms with Gasteiger partial charge in [0.15, 0.2) is 0 Å². The van der Waals surface area contributed by atoms with E-state index < -0.39 is 0 Å². The number of para-hydroxylation sites is 3. The zero-order valence-electron chi connectivity index (χ0n) is 24.6. The SMILES string of the molecule is Cc1ccccc1-n1c(=O)c2c3cc(-c4ccccc4O)c4ccc5ccc6c(-c7ccccc7O)cc(c2c1=O)c1c6c5c4c31. The minimum Gasteiger partial charge on any atom is -0.507 e. The highest BCUT2D eigenvalue weighted by atomic mass is 16.3. The van der Waals surface area contributed by atoms with Gasteiger partial charge in [-0.1, -0.05) is 78.9 Å². The monoisotopic (exact) mass is 593 g/mol. The van der Waals surface area contributed by atoms with Crippen LogP contribution in [0.2, 0.25) is 0 Å². The highest BCUT2D eigenvalue weighted by Crippen LogP contribution is 2.54. The van der Waals surface area contributed by atoms with Crippen LogP contribution in [0.1, 0.15) is 5.56 Å². The molecule has 0 aliphatic carbocycles. The fraction of sp³-hybridized carbons (Fsp3) is 0.0244. The van der Waals surface area contributed by atoms with Crippen molar-refractivity contribution in [3.05, 3.63) is 135 Å². The number of rotatable bonds is 3. The van der Waals surface area contributed by atoms with Gasteiger partial charge in [0.1, 0.15) is 11.5 Å². The zero-order valence-corrected chi connectivity index (χ0v) is 24.6. The van der Waals surface area contributed by atoms with Crippen molar-refractivity contribution in [2.45, 2.75) is 6.92 Å². The van der Waals surface area contributed by atoms with E-state index in [2.05, 4.69) is 24.3 Å². The number of nitrogens with zero attached hydrogens (tertiary/aromatic N) is 1. The Kier molecular flexibility index (Phi) is 4.64. The summed E-state index contributed by atoms with van der Waals surface area (Å²) in [6, 6.07) is 34.2. The summed E-state index contributed by atoms with van der Waals surface area (Å²) >= 11 is 0. The summed E-state index contributed by atoms with van der Waals surface area (Å²) in [5.74, 6) is 0.281. The smallest absolute Gasteiger partial charge is 0.266 e. The number of aromatic nitrogens is 1. The molecule has 0 aliphatic rings. The van der Waals surface area contributed by atoms with Gasteiger partial charge in [0.2, 0.25) is 0 Å². The molecule has 10 aromatic rings. The first-order valence-corrected chi connectivity index (χ1v) is 15.2. The minimum absolute atomic E-state index is 0.140. The Morgan fingerprint density at radius 2 is 0.913 bits per heavy atom. The second-order valence-electron chi connectivity index (χ2n) is 12.3. The summed E-state index contributed by atoms with van der Waals surface area (Å²) in [6.07, 6.45) is 0. The first-order chi connectivity index (χ1) is 22.4. The lowest BCUT2D eigenvalue weighted by molar-refractivity contribution is 0.477. The lowest BCUT2D eigenvalue weighted by Crippen LogP contribution is -2.24. The fourth-order valence-corrected chi connectivity index (χ4v) is 8.07. The molecule has 46 heavy (non-hydrogen) atoms. The summed E-state index contributed by atoms with van der Waals surface area (Å²) in [5, 5.41) is 32.1. The Balaban J connectivity index is 1.55. The van der Waals surface area contributed by atoms with Gasteiger partial charge in [-0.25, -0.2) is 4.57 Å². The van der Waals surface area contributed by atoms with E-state index >= 15 is 0 Å². The van der Waals surface area contributed by atoms with Crippen LogP contribution < -0.4 is 11.1 Å². The van der Waals surface area contributed by atoms with Gasteiger partial charge in [-0.15, -0.1) is 0 Å². The standard InChI is InChI=1S/C41H23NO4/c1-20-8-2-5-11-30(20)42-40(45)38-28-18-26(22-9-3-6-12-31(22)43)24-16-14-21-15-17-25-27(23-10-4-7-13-32(23)44)19-29(39(38)41(42)46)37-35(25)33(21)34(24)36(28)37/h2-19,43-44H,1H3. The van der Waals surface area contributed by atoms with Crippen molar-refractivity contribution in [2.75, 3.05) is 0 Å². The Labute approximate surface area is 260 Å². The first-order valence-electron chi connectivity index (χ1n) is 15.2. The average Bonchev–Trinajstić information content (AvgIpc) is 3.56. The van der Waals surface area contributed by atoms with Crippen LogP contribution in [0.25, 0.3) is 92.6 Å². The normalized spacial score (nSPS) is 12.4. The van der Waals surface area contributed by atoms with Gasteiger partial charge in [0.05, 0.1) is 16.5 Å². The molecule has 0 unspecified atom stereocenters. The van der Waals surface area contributed by atoms with E-state index in [1.165, 1.54) is 4.57 Å². The number of benzene rings is 8. The number of aromatic hydroxyl groups is 2. The fourth-order valence-electron chi connectivity index (χ4n) is 8.07. The number of aryl methyl sites for hydroxylation is 1. The number of phenols is 2. The van der Waals surface area contributed by atoms with Crippen molar-refractivity contribution in [1.29, 1.82) is 0 Å². The third-order valence-corrected chi connectivity index (χ3v) is 10.0. The highest BCUT2D eigenvalue weighted by Gasteiger charge is 2.30. The maximum absolute atomic E-state index is 14.6. The van der Waals surface area contributed by atoms with Crippen LogP contribution in [0.15, 0.2) is 119 Å². The first kappa shape index (κ1) is 25.2. The second kappa shape index (κ2) is 8.49. The number of fused-ring (bicyclic) bond motifs is 3. The molecule has 10 rings (SSSR count). The predicted octanol–water partition coefficient (Wildman–Crippen LogP) is 8.92. The molecule has 0 radical (unpaired) electrons. The van der Waals surface area contributed by atoms with Crippen molar-refractivity contribution >= 4 is 64.6 Å². The molecule has 1 aromatic heterocycles. The number of phenolic OH excluding ortho intramolecular Hbond substituents is 2. The molecule has 0 atom stereocenters. The van der Waals surface area contributed by atoms with Gasteiger partial charge in [-0.05, 0) is 108 Å². The van der Waals surface area contributed by atoms with Crippen molar-refractivity contribution in [2.24, 2.45) is 0 Å². The minimum atomic E-state index is -0.369. The van der Waals surface area contributed by atoms with Crippen LogP contribution in [0, 0.1) is 6.92 Å². The lowest BCUT2D eigenvalue weighted by Gasteiger charge is -2.13. The van der Waals surface area contributed by atoms with Gasteiger partial charge in [0.25, 0.3) is 11.1 Å². The summed E-state index contributed by atoms with van der Waals surface area (Å²) in [4.78, 5) is 29.3. The largest absolute Gasteiger partial charge is 0.507 e. The molecule has 5 nitrogen and oxygen atoms in total. The van der Waals surface area contributed by atoms with Gasteiger partial charge in [-0.3, -0.25) is 9.59 Å². The van der Waals surface area contributed by atoms with Crippen LogP contribution in [-0.4, -0.2) is 14.8 Å². The molecule has 2 N–H and O–H groups in total. The zero-order chi connectivity index (χ0) is 31.0. The number of hydrogen-bond acceptors (Lipinski definition) is 4. The molecule has 0 aliphatic heterocycles. The van der Waals surface area contributed by atoms with E-state index in [1.54, 1.807) is 30.3 Å². The summed E-state index contributed by atoms with van der Waals surface area (Å²) < 4.78 is 1.31. The molecular formula is C41H23NO4. The van der Waals surface area contributed by atoms with Crippen molar-refractivity contribution in [1.82, 2.24) is 4.57 Å².